The van der Waals surface area contributed by atoms with E-state index >= 15 is 0 Å². The molecule has 0 spiro atoms. The summed E-state index contributed by atoms with van der Waals surface area (Å²) in [6.07, 6.45) is 0.676. The van der Waals surface area contributed by atoms with E-state index in [1.165, 1.54) is 5.56 Å². The summed E-state index contributed by atoms with van der Waals surface area (Å²) in [7, 11) is 0. The van der Waals surface area contributed by atoms with E-state index in [1.807, 2.05) is 32.9 Å². The van der Waals surface area contributed by atoms with Crippen LogP contribution in [0.1, 0.15) is 32.8 Å². The molecule has 4 heteroatoms. The highest BCUT2D eigenvalue weighted by Crippen LogP contribution is 2.25. The van der Waals surface area contributed by atoms with Crippen molar-refractivity contribution < 1.29 is 9.53 Å². The van der Waals surface area contributed by atoms with E-state index < -0.39 is 5.60 Å². The summed E-state index contributed by atoms with van der Waals surface area (Å²) in [6.45, 7) is 13.2. The van der Waals surface area contributed by atoms with Crippen LogP contribution in [0.25, 0.3) is 0 Å². The minimum atomic E-state index is -0.452. The van der Waals surface area contributed by atoms with Crippen LogP contribution >= 0.6 is 0 Å². The van der Waals surface area contributed by atoms with Crippen molar-refractivity contribution in [3.63, 3.8) is 0 Å². The summed E-state index contributed by atoms with van der Waals surface area (Å²) in [5, 5.41) is 3.36. The lowest BCUT2D eigenvalue weighted by molar-refractivity contribution is 0.0290. The number of ether oxygens (including phenoxy) is 1. The summed E-state index contributed by atoms with van der Waals surface area (Å²) in [5.74, 6) is 0.257. The number of hydrogen-bond acceptors (Lipinski definition) is 3. The summed E-state index contributed by atoms with van der Waals surface area (Å²) >= 11 is 0. The normalized spacial score (nSPS) is 18.2. The maximum absolute atomic E-state index is 12.1. The van der Waals surface area contributed by atoms with Gasteiger partial charge in [0.05, 0.1) is 0 Å². The Kier molecular flexibility index (Phi) is 4.79. The first-order valence-electron chi connectivity index (χ1n) is 7.75. The van der Waals surface area contributed by atoms with Crippen molar-refractivity contribution in [3.05, 3.63) is 42.1 Å². The van der Waals surface area contributed by atoms with Crippen molar-refractivity contribution in [2.45, 2.75) is 39.7 Å². The van der Waals surface area contributed by atoms with Crippen LogP contribution < -0.4 is 5.32 Å². The maximum Gasteiger partial charge on any atom is 0.410 e. The predicted molar refractivity (Wildman–Crippen MR) is 89.9 cm³/mol. The van der Waals surface area contributed by atoms with Crippen LogP contribution in [-0.4, -0.2) is 29.7 Å². The van der Waals surface area contributed by atoms with E-state index in [4.69, 9.17) is 4.74 Å². The molecule has 0 aromatic heterocycles. The Hall–Kier alpha value is -1.97. The molecule has 1 amide bonds. The van der Waals surface area contributed by atoms with E-state index in [1.54, 1.807) is 4.90 Å². The molecule has 1 aliphatic rings. The van der Waals surface area contributed by atoms with Crippen LogP contribution in [-0.2, 0) is 4.74 Å². The number of hydrogen-bond donors (Lipinski definition) is 1. The molecule has 1 N–H and O–H groups in total. The number of carbonyl (C=O) groups is 1. The van der Waals surface area contributed by atoms with Gasteiger partial charge in [0.15, 0.2) is 0 Å². The van der Waals surface area contributed by atoms with Gasteiger partial charge in [-0.05, 0) is 51.8 Å². The van der Waals surface area contributed by atoms with E-state index in [9.17, 15) is 4.79 Å². The summed E-state index contributed by atoms with van der Waals surface area (Å²) in [6, 6.07) is 8.20. The van der Waals surface area contributed by atoms with Crippen LogP contribution in [0.2, 0.25) is 0 Å². The van der Waals surface area contributed by atoms with Crippen LogP contribution in [0.4, 0.5) is 10.5 Å². The van der Waals surface area contributed by atoms with Crippen LogP contribution in [0.3, 0.4) is 0 Å². The first-order valence-corrected chi connectivity index (χ1v) is 7.75. The minimum absolute atomic E-state index is 0.238. The lowest BCUT2D eigenvalue weighted by Gasteiger charge is -2.24. The third-order valence-corrected chi connectivity index (χ3v) is 3.66. The minimum Gasteiger partial charge on any atom is -0.444 e. The fourth-order valence-corrected chi connectivity index (χ4v) is 2.55. The Morgan fingerprint density at radius 1 is 1.41 bits per heavy atom. The van der Waals surface area contributed by atoms with Gasteiger partial charge >= 0.3 is 6.09 Å². The Bertz CT molecular complexity index is 560. The number of rotatable bonds is 3. The van der Waals surface area contributed by atoms with Crippen molar-refractivity contribution in [1.29, 1.82) is 0 Å². The lowest BCUT2D eigenvalue weighted by atomic mass is 10.1. The van der Waals surface area contributed by atoms with E-state index in [-0.39, 0.29) is 12.0 Å². The molecule has 1 aromatic rings. The van der Waals surface area contributed by atoms with Crippen molar-refractivity contribution in [2.24, 2.45) is 5.92 Å². The largest absolute Gasteiger partial charge is 0.444 e. The predicted octanol–water partition coefficient (Wildman–Crippen LogP) is 4.18. The number of aryl methyl sites for hydroxylation is 1. The zero-order chi connectivity index (χ0) is 16.3. The van der Waals surface area contributed by atoms with Gasteiger partial charge in [0, 0.05) is 30.4 Å². The zero-order valence-corrected chi connectivity index (χ0v) is 14.0. The second-order valence-corrected chi connectivity index (χ2v) is 6.93. The Labute approximate surface area is 133 Å². The molecule has 1 unspecified atom stereocenters. The monoisotopic (exact) mass is 302 g/mol. The van der Waals surface area contributed by atoms with Crippen LogP contribution in [0.15, 0.2) is 36.5 Å². The Morgan fingerprint density at radius 2 is 2.14 bits per heavy atom. The highest BCUT2D eigenvalue weighted by Gasteiger charge is 2.31. The van der Waals surface area contributed by atoms with Gasteiger partial charge in [-0.1, -0.05) is 18.7 Å². The number of carbonyl (C=O) groups excluding carboxylic acids is 1. The molecule has 2 rings (SSSR count). The van der Waals surface area contributed by atoms with E-state index in [2.05, 4.69) is 31.0 Å². The second kappa shape index (κ2) is 6.42. The highest BCUT2D eigenvalue weighted by atomic mass is 16.6. The molecule has 0 bridgehead atoms. The number of likely N-dealkylation sites (tertiary alicyclic amines) is 1. The van der Waals surface area contributed by atoms with Crippen LogP contribution in [0.5, 0.6) is 0 Å². The van der Waals surface area contributed by atoms with Gasteiger partial charge in [0.2, 0.25) is 0 Å². The summed E-state index contributed by atoms with van der Waals surface area (Å²) in [4.78, 5) is 13.8. The molecule has 1 fully saturated rings. The molecule has 1 heterocycles. The van der Waals surface area contributed by atoms with Crippen molar-refractivity contribution >= 4 is 11.8 Å². The Morgan fingerprint density at radius 3 is 2.77 bits per heavy atom. The van der Waals surface area contributed by atoms with Gasteiger partial charge < -0.3 is 15.0 Å². The van der Waals surface area contributed by atoms with Gasteiger partial charge in [-0.25, -0.2) is 4.79 Å². The fraction of sp³-hybridized carbons (Fsp3) is 0.500. The number of benzene rings is 1. The van der Waals surface area contributed by atoms with Crippen molar-refractivity contribution in [1.82, 2.24) is 4.90 Å². The fourth-order valence-electron chi connectivity index (χ4n) is 2.55. The van der Waals surface area contributed by atoms with Gasteiger partial charge in [-0.2, -0.15) is 0 Å². The third kappa shape index (κ3) is 4.52. The van der Waals surface area contributed by atoms with E-state index in [0.29, 0.717) is 13.1 Å². The molecule has 1 aliphatic heterocycles. The number of nitrogens with one attached hydrogen (secondary N) is 1. The summed E-state index contributed by atoms with van der Waals surface area (Å²) < 4.78 is 5.42. The average Bonchev–Trinajstić information content (AvgIpc) is 2.86. The topological polar surface area (TPSA) is 41.6 Å². The van der Waals surface area contributed by atoms with Gasteiger partial charge in [0.1, 0.15) is 5.60 Å². The molecule has 120 valence electrons. The highest BCUT2D eigenvalue weighted by molar-refractivity contribution is 5.68. The summed E-state index contributed by atoms with van der Waals surface area (Å²) in [5.41, 5.74) is 2.75. The molecule has 0 radical (unpaired) electrons. The van der Waals surface area contributed by atoms with Gasteiger partial charge in [0.25, 0.3) is 0 Å². The SMILES string of the molecule is C=C(Nc1cccc(C)c1)C1CCN(C(=O)OC(C)(C)C)C1. The second-order valence-electron chi connectivity index (χ2n) is 6.93. The molecule has 1 saturated heterocycles. The number of nitrogens with zero attached hydrogens (tertiary/aromatic N) is 1. The number of anilines is 1. The standard InChI is InChI=1S/C18H26N2O2/c1-13-7-6-8-16(11-13)19-14(2)15-9-10-20(12-15)17(21)22-18(3,4)5/h6-8,11,15,19H,2,9-10,12H2,1,3-5H3. The smallest absolute Gasteiger partial charge is 0.410 e. The quantitative estimate of drug-likeness (QED) is 0.910. The average molecular weight is 302 g/mol. The van der Waals surface area contributed by atoms with Gasteiger partial charge in [-0.3, -0.25) is 0 Å². The zero-order valence-electron chi connectivity index (χ0n) is 14.0. The molecule has 4 nitrogen and oxygen atoms in total. The molecular formula is C18H26N2O2. The third-order valence-electron chi connectivity index (χ3n) is 3.66. The molecule has 1 atom stereocenters. The maximum atomic E-state index is 12.1. The number of amides is 1. The van der Waals surface area contributed by atoms with Gasteiger partial charge in [-0.15, -0.1) is 0 Å². The molecule has 0 aliphatic carbocycles. The lowest BCUT2D eigenvalue weighted by Crippen LogP contribution is -2.35. The first kappa shape index (κ1) is 16.4. The van der Waals surface area contributed by atoms with Crippen molar-refractivity contribution in [2.75, 3.05) is 18.4 Å². The molecular weight excluding hydrogens is 276 g/mol. The first-order chi connectivity index (χ1) is 10.2. The van der Waals surface area contributed by atoms with Crippen LogP contribution in [0, 0.1) is 12.8 Å². The molecule has 1 aromatic carbocycles. The van der Waals surface area contributed by atoms with E-state index in [0.717, 1.165) is 17.8 Å². The Balaban J connectivity index is 1.90. The molecule has 0 saturated carbocycles. The molecule has 22 heavy (non-hydrogen) atoms. The van der Waals surface area contributed by atoms with Crippen molar-refractivity contribution in [3.8, 4) is 0 Å².